The van der Waals surface area contributed by atoms with E-state index in [1.165, 1.54) is 0 Å². The summed E-state index contributed by atoms with van der Waals surface area (Å²) in [5, 5.41) is 0.699. The summed E-state index contributed by atoms with van der Waals surface area (Å²) >= 11 is 5.89. The van der Waals surface area contributed by atoms with Gasteiger partial charge in [-0.3, -0.25) is 0 Å². The first kappa shape index (κ1) is 17.9. The van der Waals surface area contributed by atoms with Crippen molar-refractivity contribution in [3.05, 3.63) is 82.4 Å². The molecule has 0 bridgehead atoms. The molecule has 3 nitrogen and oxygen atoms in total. The molecule has 0 unspecified atom stereocenters. The lowest BCUT2D eigenvalue weighted by atomic mass is 10.1. The molecule has 1 aliphatic heterocycles. The zero-order valence-corrected chi connectivity index (χ0v) is 15.6. The fourth-order valence-corrected chi connectivity index (χ4v) is 4.27. The van der Waals surface area contributed by atoms with Crippen LogP contribution in [0.1, 0.15) is 17.5 Å². The van der Waals surface area contributed by atoms with Gasteiger partial charge in [-0.25, -0.2) is 8.42 Å². The molecule has 0 fully saturated rings. The Morgan fingerprint density at radius 2 is 1.68 bits per heavy atom. The Labute approximate surface area is 154 Å². The van der Waals surface area contributed by atoms with Crippen molar-refractivity contribution in [1.29, 1.82) is 0 Å². The third kappa shape index (κ3) is 4.40. The van der Waals surface area contributed by atoms with Crippen molar-refractivity contribution >= 4 is 27.7 Å². The van der Waals surface area contributed by atoms with Crippen LogP contribution >= 0.6 is 11.6 Å². The van der Waals surface area contributed by atoms with Crippen LogP contribution in [0.3, 0.4) is 0 Å². The molecule has 0 atom stereocenters. The van der Waals surface area contributed by atoms with E-state index in [4.69, 9.17) is 11.6 Å². The Hall–Kier alpha value is -1.88. The van der Waals surface area contributed by atoms with Crippen LogP contribution in [-0.4, -0.2) is 25.8 Å². The second kappa shape index (κ2) is 7.56. The molecule has 130 valence electrons. The van der Waals surface area contributed by atoms with Gasteiger partial charge in [0.05, 0.1) is 4.90 Å². The Morgan fingerprint density at radius 1 is 1.00 bits per heavy atom. The summed E-state index contributed by atoms with van der Waals surface area (Å²) in [7, 11) is -3.46. The van der Waals surface area contributed by atoms with Gasteiger partial charge in [0.15, 0.2) is 0 Å². The number of aryl methyl sites for hydroxylation is 1. The molecule has 3 rings (SSSR count). The molecule has 5 heteroatoms. The number of hydrogen-bond acceptors (Lipinski definition) is 2. The highest BCUT2D eigenvalue weighted by Gasteiger charge is 2.26. The van der Waals surface area contributed by atoms with Crippen LogP contribution in [0.15, 0.2) is 71.2 Å². The average molecular weight is 374 g/mol. The number of hydrogen-bond donors (Lipinski definition) is 0. The van der Waals surface area contributed by atoms with E-state index in [2.05, 4.69) is 6.08 Å². The van der Waals surface area contributed by atoms with Gasteiger partial charge in [0.2, 0.25) is 10.0 Å². The van der Waals surface area contributed by atoms with Crippen LogP contribution < -0.4 is 0 Å². The Balaban J connectivity index is 1.75. The van der Waals surface area contributed by atoms with Crippen molar-refractivity contribution in [1.82, 2.24) is 4.31 Å². The van der Waals surface area contributed by atoms with Gasteiger partial charge in [-0.2, -0.15) is 4.31 Å². The molecule has 0 aromatic heterocycles. The van der Waals surface area contributed by atoms with Crippen molar-refractivity contribution in [2.24, 2.45) is 0 Å². The van der Waals surface area contributed by atoms with Crippen molar-refractivity contribution in [3.63, 3.8) is 0 Å². The predicted octanol–water partition coefficient (Wildman–Crippen LogP) is 4.68. The standard InChI is InChI=1S/C20H20ClNO2S/c1-16-4-12-20(13-5-16)25(23,24)22-14-2-3-18(15-22)7-6-17-8-10-19(21)11-9-17/h3-13H,2,14-15H2,1H3/b7-6+. The molecule has 0 spiro atoms. The van der Waals surface area contributed by atoms with Gasteiger partial charge in [-0.05, 0) is 48.7 Å². The number of rotatable bonds is 4. The Kier molecular flexibility index (Phi) is 5.42. The lowest BCUT2D eigenvalue weighted by molar-refractivity contribution is 0.431. The summed E-state index contributed by atoms with van der Waals surface area (Å²) in [5.41, 5.74) is 3.07. The quantitative estimate of drug-likeness (QED) is 0.780. The fraction of sp³-hybridized carbons (Fsp3) is 0.200. The maximum absolute atomic E-state index is 12.8. The first-order valence-corrected chi connectivity index (χ1v) is 9.96. The molecule has 0 radical (unpaired) electrons. The topological polar surface area (TPSA) is 37.4 Å². The molecule has 0 N–H and O–H groups in total. The number of halogens is 1. The van der Waals surface area contributed by atoms with Crippen LogP contribution in [0.2, 0.25) is 5.02 Å². The summed E-state index contributed by atoms with van der Waals surface area (Å²) in [5.74, 6) is 0. The smallest absolute Gasteiger partial charge is 0.207 e. The normalized spacial score (nSPS) is 16.2. The van der Waals surface area contributed by atoms with Gasteiger partial charge < -0.3 is 0 Å². The van der Waals surface area contributed by atoms with Crippen LogP contribution in [-0.2, 0) is 10.0 Å². The molecular formula is C20H20ClNO2S. The highest BCUT2D eigenvalue weighted by molar-refractivity contribution is 7.89. The Bertz CT molecular complexity index is 898. The van der Waals surface area contributed by atoms with E-state index in [-0.39, 0.29) is 0 Å². The van der Waals surface area contributed by atoms with Crippen LogP contribution in [0.25, 0.3) is 6.08 Å². The van der Waals surface area contributed by atoms with Crippen molar-refractivity contribution in [2.45, 2.75) is 18.2 Å². The molecule has 25 heavy (non-hydrogen) atoms. The summed E-state index contributed by atoms with van der Waals surface area (Å²) in [6, 6.07) is 14.5. The van der Waals surface area contributed by atoms with Crippen molar-refractivity contribution < 1.29 is 8.42 Å². The van der Waals surface area contributed by atoms with Gasteiger partial charge in [-0.1, -0.05) is 59.7 Å². The molecule has 0 amide bonds. The van der Waals surface area contributed by atoms with Gasteiger partial charge >= 0.3 is 0 Å². The second-order valence-electron chi connectivity index (χ2n) is 6.10. The zero-order chi connectivity index (χ0) is 17.9. The third-order valence-corrected chi connectivity index (χ3v) is 6.27. The summed E-state index contributed by atoms with van der Waals surface area (Å²) in [6.45, 7) is 2.84. The van der Waals surface area contributed by atoms with E-state index in [1.54, 1.807) is 16.4 Å². The molecule has 1 aliphatic rings. The average Bonchev–Trinajstić information content (AvgIpc) is 2.62. The molecule has 0 saturated heterocycles. The van der Waals surface area contributed by atoms with Crippen LogP contribution in [0.5, 0.6) is 0 Å². The van der Waals surface area contributed by atoms with E-state index >= 15 is 0 Å². The number of sulfonamides is 1. The second-order valence-corrected chi connectivity index (χ2v) is 8.48. The minimum atomic E-state index is -3.46. The molecule has 2 aromatic rings. The van der Waals surface area contributed by atoms with E-state index in [0.29, 0.717) is 29.4 Å². The molecule has 1 heterocycles. The number of benzene rings is 2. The predicted molar refractivity (Wildman–Crippen MR) is 103 cm³/mol. The fourth-order valence-electron chi connectivity index (χ4n) is 2.70. The molecule has 0 saturated carbocycles. The lowest BCUT2D eigenvalue weighted by Crippen LogP contribution is -2.35. The van der Waals surface area contributed by atoms with Crippen LogP contribution in [0.4, 0.5) is 0 Å². The monoisotopic (exact) mass is 373 g/mol. The summed E-state index contributed by atoms with van der Waals surface area (Å²) in [6.07, 6.45) is 6.75. The van der Waals surface area contributed by atoms with Crippen LogP contribution in [0, 0.1) is 6.92 Å². The van der Waals surface area contributed by atoms with E-state index < -0.39 is 10.0 Å². The number of nitrogens with zero attached hydrogens (tertiary/aromatic N) is 1. The van der Waals surface area contributed by atoms with Gasteiger partial charge in [-0.15, -0.1) is 0 Å². The summed E-state index contributed by atoms with van der Waals surface area (Å²) < 4.78 is 27.2. The summed E-state index contributed by atoms with van der Waals surface area (Å²) in [4.78, 5) is 0.348. The van der Waals surface area contributed by atoms with Crippen molar-refractivity contribution in [3.8, 4) is 0 Å². The maximum Gasteiger partial charge on any atom is 0.243 e. The maximum atomic E-state index is 12.8. The lowest BCUT2D eigenvalue weighted by Gasteiger charge is -2.25. The molecular weight excluding hydrogens is 354 g/mol. The van der Waals surface area contributed by atoms with Gasteiger partial charge in [0, 0.05) is 18.1 Å². The van der Waals surface area contributed by atoms with E-state index in [9.17, 15) is 8.42 Å². The highest BCUT2D eigenvalue weighted by atomic mass is 35.5. The SMILES string of the molecule is Cc1ccc(S(=O)(=O)N2CCC=C(/C=C/c3ccc(Cl)cc3)C2)cc1. The Morgan fingerprint density at radius 3 is 2.36 bits per heavy atom. The van der Waals surface area contributed by atoms with E-state index in [0.717, 1.165) is 16.7 Å². The highest BCUT2D eigenvalue weighted by Crippen LogP contribution is 2.22. The molecule has 0 aliphatic carbocycles. The third-order valence-electron chi connectivity index (χ3n) is 4.16. The first-order valence-electron chi connectivity index (χ1n) is 8.15. The van der Waals surface area contributed by atoms with Gasteiger partial charge in [0.25, 0.3) is 0 Å². The largest absolute Gasteiger partial charge is 0.243 e. The first-order chi connectivity index (χ1) is 11.9. The minimum absolute atomic E-state index is 0.348. The minimum Gasteiger partial charge on any atom is -0.207 e. The van der Waals surface area contributed by atoms with Gasteiger partial charge in [0.1, 0.15) is 0 Å². The molecule has 2 aromatic carbocycles. The zero-order valence-electron chi connectivity index (χ0n) is 14.0. The van der Waals surface area contributed by atoms with E-state index in [1.807, 2.05) is 55.5 Å². The van der Waals surface area contributed by atoms with Crippen molar-refractivity contribution in [2.75, 3.05) is 13.1 Å².